The predicted molar refractivity (Wildman–Crippen MR) is 54.3 cm³/mol. The fraction of sp³-hybridized carbons (Fsp3) is 0.556. The minimum absolute atomic E-state index is 0.221. The molecule has 0 spiro atoms. The van der Waals surface area contributed by atoms with Crippen molar-refractivity contribution in [2.45, 2.75) is 23.2 Å². The average molecular weight is 211 g/mol. The van der Waals surface area contributed by atoms with Crippen LogP contribution in [0.25, 0.3) is 0 Å². The largest absolute Gasteiger partial charge is 0.317 e. The van der Waals surface area contributed by atoms with Crippen molar-refractivity contribution in [1.29, 1.82) is 0 Å². The van der Waals surface area contributed by atoms with Crippen LogP contribution < -0.4 is 5.32 Å². The first kappa shape index (κ1) is 9.73. The van der Waals surface area contributed by atoms with Gasteiger partial charge in [-0.15, -0.1) is 0 Å². The number of hydrogen-bond acceptors (Lipinski definition) is 4. The summed E-state index contributed by atoms with van der Waals surface area (Å²) in [6.07, 6.45) is 5.18. The van der Waals surface area contributed by atoms with Crippen LogP contribution in [0.2, 0.25) is 0 Å². The summed E-state index contributed by atoms with van der Waals surface area (Å²) < 4.78 is 12.0. The van der Waals surface area contributed by atoms with Gasteiger partial charge in [-0.3, -0.25) is 4.21 Å². The van der Waals surface area contributed by atoms with Crippen LogP contribution >= 0.6 is 0 Å². The van der Waals surface area contributed by atoms with Crippen molar-refractivity contribution >= 4 is 10.8 Å². The minimum atomic E-state index is -1.03. The highest BCUT2D eigenvalue weighted by Gasteiger charge is 2.22. The van der Waals surface area contributed by atoms with Crippen molar-refractivity contribution in [3.05, 3.63) is 18.5 Å². The molecule has 0 unspecified atom stereocenters. The summed E-state index contributed by atoms with van der Waals surface area (Å²) in [5.74, 6) is 0. The minimum Gasteiger partial charge on any atom is -0.317 e. The van der Waals surface area contributed by atoms with Crippen LogP contribution in [0.3, 0.4) is 0 Å². The van der Waals surface area contributed by atoms with Crippen molar-refractivity contribution in [2.24, 2.45) is 0 Å². The molecule has 1 atom stereocenters. The molecule has 2 heterocycles. The van der Waals surface area contributed by atoms with Gasteiger partial charge in [0.2, 0.25) is 5.16 Å². The van der Waals surface area contributed by atoms with E-state index < -0.39 is 10.8 Å². The van der Waals surface area contributed by atoms with E-state index in [2.05, 4.69) is 15.3 Å². The number of hydrogen-bond donors (Lipinski definition) is 1. The van der Waals surface area contributed by atoms with Gasteiger partial charge in [0.25, 0.3) is 0 Å². The second kappa shape index (κ2) is 4.61. The Balaban J connectivity index is 2.07. The lowest BCUT2D eigenvalue weighted by Gasteiger charge is -2.20. The van der Waals surface area contributed by atoms with Crippen molar-refractivity contribution in [3.8, 4) is 0 Å². The van der Waals surface area contributed by atoms with Gasteiger partial charge >= 0.3 is 0 Å². The summed E-state index contributed by atoms with van der Waals surface area (Å²) in [6, 6.07) is 1.74. The second-order valence-corrected chi connectivity index (χ2v) is 4.90. The molecule has 1 aliphatic heterocycles. The number of rotatable bonds is 2. The average Bonchev–Trinajstić information content (AvgIpc) is 2.30. The third-order valence-corrected chi connectivity index (χ3v) is 3.96. The van der Waals surface area contributed by atoms with E-state index in [1.54, 1.807) is 18.5 Å². The van der Waals surface area contributed by atoms with Gasteiger partial charge in [0.1, 0.15) is 0 Å². The molecule has 2 rings (SSSR count). The molecule has 5 heteroatoms. The molecule has 1 aromatic heterocycles. The highest BCUT2D eigenvalue weighted by Crippen LogP contribution is 2.14. The van der Waals surface area contributed by atoms with Crippen LogP contribution in [0.5, 0.6) is 0 Å². The van der Waals surface area contributed by atoms with Crippen molar-refractivity contribution < 1.29 is 4.21 Å². The number of nitrogens with zero attached hydrogens (tertiary/aromatic N) is 2. The molecule has 0 amide bonds. The maximum Gasteiger partial charge on any atom is 0.218 e. The van der Waals surface area contributed by atoms with Gasteiger partial charge in [-0.2, -0.15) is 0 Å². The Kier molecular flexibility index (Phi) is 3.21. The van der Waals surface area contributed by atoms with E-state index in [9.17, 15) is 4.21 Å². The molecule has 0 radical (unpaired) electrons. The zero-order valence-electron chi connectivity index (χ0n) is 7.85. The molecule has 0 saturated carbocycles. The van der Waals surface area contributed by atoms with Crippen LogP contribution in [-0.2, 0) is 10.8 Å². The molecule has 0 bridgehead atoms. The molecular formula is C9H13N3OS. The summed E-state index contributed by atoms with van der Waals surface area (Å²) in [5, 5.41) is 3.94. The first-order valence-corrected chi connectivity index (χ1v) is 5.97. The SMILES string of the molecule is O=[S@@](c1ncccn1)C1CCNCC1. The van der Waals surface area contributed by atoms with Gasteiger partial charge in [0, 0.05) is 17.6 Å². The standard InChI is InChI=1S/C9H13N3OS/c13-14(8-2-6-10-7-3-8)9-11-4-1-5-12-9/h1,4-5,8,10H,2-3,6-7H2/t14-/m1/s1. The Morgan fingerprint density at radius 2 is 1.93 bits per heavy atom. The fourth-order valence-corrected chi connectivity index (χ4v) is 2.84. The number of aromatic nitrogens is 2. The molecule has 0 aliphatic carbocycles. The van der Waals surface area contributed by atoms with Gasteiger partial charge in [-0.25, -0.2) is 9.97 Å². The lowest BCUT2D eigenvalue weighted by atomic mass is 10.2. The van der Waals surface area contributed by atoms with E-state index >= 15 is 0 Å². The molecule has 14 heavy (non-hydrogen) atoms. The Morgan fingerprint density at radius 1 is 1.29 bits per heavy atom. The van der Waals surface area contributed by atoms with Crippen LogP contribution in [0.15, 0.2) is 23.6 Å². The number of piperidine rings is 1. The summed E-state index contributed by atoms with van der Waals surface area (Å²) >= 11 is 0. The van der Waals surface area contributed by atoms with E-state index in [4.69, 9.17) is 0 Å². The zero-order valence-corrected chi connectivity index (χ0v) is 8.67. The molecule has 1 saturated heterocycles. The van der Waals surface area contributed by atoms with Crippen molar-refractivity contribution in [2.75, 3.05) is 13.1 Å². The maximum absolute atomic E-state index is 12.0. The third-order valence-electron chi connectivity index (χ3n) is 2.31. The molecule has 4 nitrogen and oxygen atoms in total. The lowest BCUT2D eigenvalue weighted by Crippen LogP contribution is -2.33. The van der Waals surface area contributed by atoms with E-state index in [0.717, 1.165) is 25.9 Å². The van der Waals surface area contributed by atoms with E-state index in [1.165, 1.54) is 0 Å². The summed E-state index contributed by atoms with van der Waals surface area (Å²) in [7, 11) is -1.03. The van der Waals surface area contributed by atoms with Gasteiger partial charge in [0.05, 0.1) is 10.8 Å². The van der Waals surface area contributed by atoms with Crippen LogP contribution in [0, 0.1) is 0 Å². The van der Waals surface area contributed by atoms with Crippen molar-refractivity contribution in [3.63, 3.8) is 0 Å². The smallest absolute Gasteiger partial charge is 0.218 e. The molecule has 0 aromatic carbocycles. The Labute approximate surface area is 85.6 Å². The zero-order chi connectivity index (χ0) is 9.80. The van der Waals surface area contributed by atoms with Gasteiger partial charge in [-0.05, 0) is 32.0 Å². The Morgan fingerprint density at radius 3 is 2.57 bits per heavy atom. The topological polar surface area (TPSA) is 54.9 Å². The lowest BCUT2D eigenvalue weighted by molar-refractivity contribution is 0.517. The Hall–Kier alpha value is -0.810. The van der Waals surface area contributed by atoms with Gasteiger partial charge in [-0.1, -0.05) is 0 Å². The van der Waals surface area contributed by atoms with Crippen LogP contribution in [0.1, 0.15) is 12.8 Å². The molecule has 76 valence electrons. The van der Waals surface area contributed by atoms with Crippen LogP contribution in [-0.4, -0.2) is 32.5 Å². The van der Waals surface area contributed by atoms with Gasteiger partial charge in [0.15, 0.2) is 0 Å². The monoisotopic (exact) mass is 211 g/mol. The quantitative estimate of drug-likeness (QED) is 0.717. The predicted octanol–water partition coefficient (Wildman–Crippen LogP) is 0.336. The molecule has 1 fully saturated rings. The Bertz CT molecular complexity index is 311. The molecule has 1 N–H and O–H groups in total. The third kappa shape index (κ3) is 2.16. The molecular weight excluding hydrogens is 198 g/mol. The first-order chi connectivity index (χ1) is 6.88. The normalized spacial score (nSPS) is 20.6. The number of nitrogens with one attached hydrogen (secondary N) is 1. The summed E-state index contributed by atoms with van der Waals surface area (Å²) in [5.41, 5.74) is 0. The second-order valence-electron chi connectivity index (χ2n) is 3.28. The molecule has 1 aliphatic rings. The van der Waals surface area contributed by atoms with Gasteiger partial charge < -0.3 is 5.32 Å². The van der Waals surface area contributed by atoms with Crippen LogP contribution in [0.4, 0.5) is 0 Å². The molecule has 1 aromatic rings. The summed E-state index contributed by atoms with van der Waals surface area (Å²) in [6.45, 7) is 1.90. The highest BCUT2D eigenvalue weighted by molar-refractivity contribution is 7.85. The maximum atomic E-state index is 12.0. The highest BCUT2D eigenvalue weighted by atomic mass is 32.2. The van der Waals surface area contributed by atoms with E-state index in [0.29, 0.717) is 5.16 Å². The summed E-state index contributed by atoms with van der Waals surface area (Å²) in [4.78, 5) is 8.04. The van der Waals surface area contributed by atoms with E-state index in [-0.39, 0.29) is 5.25 Å². The van der Waals surface area contributed by atoms with Crippen molar-refractivity contribution in [1.82, 2.24) is 15.3 Å². The first-order valence-electron chi connectivity index (χ1n) is 4.76. The fourth-order valence-electron chi connectivity index (χ4n) is 1.55. The van der Waals surface area contributed by atoms with E-state index in [1.807, 2.05) is 0 Å².